The Morgan fingerprint density at radius 1 is 1.38 bits per heavy atom. The number of fused-ring (bicyclic) bond motifs is 1. The van der Waals surface area contributed by atoms with Crippen molar-refractivity contribution in [2.75, 3.05) is 0 Å². The third-order valence-electron chi connectivity index (χ3n) is 2.16. The second-order valence-corrected chi connectivity index (χ2v) is 3.54. The van der Waals surface area contributed by atoms with Crippen LogP contribution < -0.4 is 5.76 Å². The van der Waals surface area contributed by atoms with Crippen LogP contribution in [0.3, 0.4) is 0 Å². The van der Waals surface area contributed by atoms with Gasteiger partial charge in [0.15, 0.2) is 5.58 Å². The van der Waals surface area contributed by atoms with Crippen LogP contribution in [0.1, 0.15) is 5.56 Å². The van der Waals surface area contributed by atoms with Crippen LogP contribution in [0.25, 0.3) is 11.1 Å². The van der Waals surface area contributed by atoms with E-state index in [1.165, 1.54) is 12.1 Å². The molecule has 0 aliphatic heterocycles. The van der Waals surface area contributed by atoms with E-state index >= 15 is 0 Å². The van der Waals surface area contributed by atoms with Crippen molar-refractivity contribution in [3.63, 3.8) is 0 Å². The van der Waals surface area contributed by atoms with Gasteiger partial charge in [-0.3, -0.25) is 4.57 Å². The van der Waals surface area contributed by atoms with Crippen LogP contribution >= 0.6 is 0 Å². The van der Waals surface area contributed by atoms with Crippen LogP contribution in [0.4, 0.5) is 13.2 Å². The molecule has 0 bridgehead atoms. The number of hydrogen-bond acceptors (Lipinski definition) is 2. The van der Waals surface area contributed by atoms with Crippen molar-refractivity contribution in [3.8, 4) is 0 Å². The first-order chi connectivity index (χ1) is 7.37. The number of halogens is 3. The second kappa shape index (κ2) is 3.40. The Morgan fingerprint density at radius 2 is 2.06 bits per heavy atom. The molecule has 2 rings (SSSR count). The van der Waals surface area contributed by atoms with Crippen molar-refractivity contribution in [1.82, 2.24) is 4.57 Å². The molecule has 0 saturated carbocycles. The Hall–Kier alpha value is -1.72. The van der Waals surface area contributed by atoms with Gasteiger partial charge in [-0.05, 0) is 24.6 Å². The molecular formula is C10H8F3NO2. The highest BCUT2D eigenvalue weighted by molar-refractivity contribution is 5.73. The average Bonchev–Trinajstić information content (AvgIpc) is 2.42. The molecule has 0 saturated heterocycles. The minimum atomic E-state index is -4.44. The molecule has 0 N–H and O–H groups in total. The largest absolute Gasteiger partial charge is 0.420 e. The van der Waals surface area contributed by atoms with Gasteiger partial charge in [-0.15, -0.1) is 0 Å². The van der Waals surface area contributed by atoms with Gasteiger partial charge in [0.2, 0.25) is 0 Å². The van der Waals surface area contributed by atoms with E-state index in [9.17, 15) is 18.0 Å². The summed E-state index contributed by atoms with van der Waals surface area (Å²) in [4.78, 5) is 11.2. The standard InChI is InChI=1S/C10H8F3NO2/c1-6-2-3-8-7(4-6)14(9(15)16-8)5-10(11,12)13/h2-4H,5H2,1H3. The van der Waals surface area contributed by atoms with E-state index in [0.717, 1.165) is 5.56 Å². The maximum atomic E-state index is 12.2. The Balaban J connectivity index is 2.63. The molecule has 0 radical (unpaired) electrons. The number of benzene rings is 1. The van der Waals surface area contributed by atoms with Gasteiger partial charge in [-0.2, -0.15) is 13.2 Å². The van der Waals surface area contributed by atoms with Gasteiger partial charge in [-0.25, -0.2) is 4.79 Å². The summed E-state index contributed by atoms with van der Waals surface area (Å²) >= 11 is 0. The third kappa shape index (κ3) is 1.95. The predicted octanol–water partition coefficient (Wildman–Crippen LogP) is 2.47. The van der Waals surface area contributed by atoms with Gasteiger partial charge in [0.25, 0.3) is 0 Å². The number of rotatable bonds is 1. The molecule has 1 aromatic carbocycles. The quantitative estimate of drug-likeness (QED) is 0.755. The highest BCUT2D eigenvalue weighted by atomic mass is 19.4. The molecule has 1 heterocycles. The van der Waals surface area contributed by atoms with Crippen LogP contribution in [-0.4, -0.2) is 10.7 Å². The SMILES string of the molecule is Cc1ccc2oc(=O)n(CC(F)(F)F)c2c1. The zero-order valence-electron chi connectivity index (χ0n) is 8.34. The predicted molar refractivity (Wildman–Crippen MR) is 51.3 cm³/mol. The number of aromatic nitrogens is 1. The first-order valence-electron chi connectivity index (χ1n) is 4.53. The van der Waals surface area contributed by atoms with Gasteiger partial charge in [-0.1, -0.05) is 6.07 Å². The van der Waals surface area contributed by atoms with E-state index in [1.807, 2.05) is 0 Å². The molecule has 0 unspecified atom stereocenters. The lowest BCUT2D eigenvalue weighted by atomic mass is 10.2. The summed E-state index contributed by atoms with van der Waals surface area (Å²) in [5.41, 5.74) is 1.10. The van der Waals surface area contributed by atoms with E-state index in [0.29, 0.717) is 4.57 Å². The molecule has 0 aliphatic carbocycles. The Morgan fingerprint density at radius 3 is 2.69 bits per heavy atom. The van der Waals surface area contributed by atoms with Crippen molar-refractivity contribution in [1.29, 1.82) is 0 Å². The van der Waals surface area contributed by atoms with Crippen LogP contribution in [0, 0.1) is 6.92 Å². The second-order valence-electron chi connectivity index (χ2n) is 3.54. The minimum Gasteiger partial charge on any atom is -0.408 e. The maximum absolute atomic E-state index is 12.2. The van der Waals surface area contributed by atoms with E-state index < -0.39 is 18.5 Å². The number of alkyl halides is 3. The van der Waals surface area contributed by atoms with Crippen LogP contribution in [0.5, 0.6) is 0 Å². The topological polar surface area (TPSA) is 35.1 Å². The zero-order valence-corrected chi connectivity index (χ0v) is 8.34. The molecular weight excluding hydrogens is 223 g/mol. The van der Waals surface area contributed by atoms with E-state index in [2.05, 4.69) is 0 Å². The average molecular weight is 231 g/mol. The zero-order chi connectivity index (χ0) is 11.9. The summed E-state index contributed by atoms with van der Waals surface area (Å²) in [5.74, 6) is -0.988. The highest BCUT2D eigenvalue weighted by Crippen LogP contribution is 2.21. The van der Waals surface area contributed by atoms with Gasteiger partial charge >= 0.3 is 11.9 Å². The molecule has 3 nitrogen and oxygen atoms in total. The molecule has 16 heavy (non-hydrogen) atoms. The molecule has 0 fully saturated rings. The smallest absolute Gasteiger partial charge is 0.408 e. The lowest BCUT2D eigenvalue weighted by Crippen LogP contribution is -2.24. The normalized spacial score (nSPS) is 12.2. The van der Waals surface area contributed by atoms with Crippen LogP contribution in [-0.2, 0) is 6.54 Å². The fourth-order valence-electron chi connectivity index (χ4n) is 1.50. The van der Waals surface area contributed by atoms with Crippen molar-refractivity contribution in [2.24, 2.45) is 0 Å². The number of aryl methyl sites for hydroxylation is 1. The van der Waals surface area contributed by atoms with Crippen molar-refractivity contribution in [3.05, 3.63) is 34.3 Å². The Kier molecular flexibility index (Phi) is 2.29. The summed E-state index contributed by atoms with van der Waals surface area (Å²) < 4.78 is 42.0. The monoisotopic (exact) mass is 231 g/mol. The molecule has 0 amide bonds. The van der Waals surface area contributed by atoms with Gasteiger partial charge in [0.1, 0.15) is 6.54 Å². The third-order valence-corrected chi connectivity index (χ3v) is 2.16. The summed E-state index contributed by atoms with van der Waals surface area (Å²) in [7, 11) is 0. The Labute approximate surface area is 88.1 Å². The molecule has 2 aromatic rings. The fraction of sp³-hybridized carbons (Fsp3) is 0.300. The van der Waals surface area contributed by atoms with Crippen molar-refractivity contribution >= 4 is 11.1 Å². The molecule has 0 atom stereocenters. The number of hydrogen-bond donors (Lipinski definition) is 0. The van der Waals surface area contributed by atoms with E-state index in [4.69, 9.17) is 4.42 Å². The Bertz CT molecular complexity index is 580. The molecule has 86 valence electrons. The lowest BCUT2D eigenvalue weighted by molar-refractivity contribution is -0.140. The van der Waals surface area contributed by atoms with E-state index in [-0.39, 0.29) is 11.1 Å². The van der Waals surface area contributed by atoms with Crippen LogP contribution in [0.15, 0.2) is 27.4 Å². The molecule has 1 aromatic heterocycles. The maximum Gasteiger partial charge on any atom is 0.420 e. The van der Waals surface area contributed by atoms with Gasteiger partial charge in [0.05, 0.1) is 5.52 Å². The molecule has 0 aliphatic rings. The molecule has 0 spiro atoms. The molecule has 6 heteroatoms. The van der Waals surface area contributed by atoms with E-state index in [1.54, 1.807) is 13.0 Å². The first-order valence-corrected chi connectivity index (χ1v) is 4.53. The van der Waals surface area contributed by atoms with Crippen LogP contribution in [0.2, 0.25) is 0 Å². The van der Waals surface area contributed by atoms with Gasteiger partial charge in [0, 0.05) is 0 Å². The summed E-state index contributed by atoms with van der Waals surface area (Å²) in [6, 6.07) is 4.65. The summed E-state index contributed by atoms with van der Waals surface area (Å²) in [6.45, 7) is 0.400. The number of oxazole rings is 1. The van der Waals surface area contributed by atoms with Crippen molar-refractivity contribution in [2.45, 2.75) is 19.6 Å². The summed E-state index contributed by atoms with van der Waals surface area (Å²) in [5, 5.41) is 0. The summed E-state index contributed by atoms with van der Waals surface area (Å²) in [6.07, 6.45) is -4.44. The van der Waals surface area contributed by atoms with Crippen molar-refractivity contribution < 1.29 is 17.6 Å². The minimum absolute atomic E-state index is 0.167. The fourth-order valence-corrected chi connectivity index (χ4v) is 1.50. The number of nitrogens with zero attached hydrogens (tertiary/aromatic N) is 1. The lowest BCUT2D eigenvalue weighted by Gasteiger charge is -2.06. The van der Waals surface area contributed by atoms with Gasteiger partial charge < -0.3 is 4.42 Å². The first kappa shape index (κ1) is 10.8. The highest BCUT2D eigenvalue weighted by Gasteiger charge is 2.30.